The molecule has 2 unspecified atom stereocenters. The molecule has 5 nitrogen and oxygen atoms in total. The normalized spacial score (nSPS) is 26.3. The van der Waals surface area contributed by atoms with Crippen molar-refractivity contribution in [1.29, 1.82) is 0 Å². The second-order valence-electron chi connectivity index (χ2n) is 5.02. The number of nitrogens with zero attached hydrogens (tertiary/aromatic N) is 2. The largest absolute Gasteiger partial charge is 0.382 e. The maximum Gasteiger partial charge on any atom is 0.144 e. The fourth-order valence-electron chi connectivity index (χ4n) is 2.21. The minimum absolute atomic E-state index is 0.124. The van der Waals surface area contributed by atoms with Crippen LogP contribution in [-0.2, 0) is 4.74 Å². The molecule has 1 saturated carbocycles. The summed E-state index contributed by atoms with van der Waals surface area (Å²) in [6, 6.07) is 0.372. The molecule has 0 amide bonds. The van der Waals surface area contributed by atoms with Gasteiger partial charge in [-0.1, -0.05) is 13.8 Å². The highest BCUT2D eigenvalue weighted by Gasteiger charge is 2.49. The summed E-state index contributed by atoms with van der Waals surface area (Å²) in [5.74, 6) is 1.21. The van der Waals surface area contributed by atoms with Gasteiger partial charge in [0.2, 0.25) is 0 Å². The predicted octanol–water partition coefficient (Wildman–Crippen LogP) is 1.67. The first kappa shape index (κ1) is 12.1. The van der Waals surface area contributed by atoms with E-state index in [9.17, 15) is 0 Å². The van der Waals surface area contributed by atoms with Crippen molar-refractivity contribution in [1.82, 2.24) is 9.97 Å². The molecule has 17 heavy (non-hydrogen) atoms. The van der Waals surface area contributed by atoms with E-state index < -0.39 is 0 Å². The van der Waals surface area contributed by atoms with E-state index in [4.69, 9.17) is 10.5 Å². The number of rotatable bonds is 4. The van der Waals surface area contributed by atoms with Gasteiger partial charge >= 0.3 is 0 Å². The van der Waals surface area contributed by atoms with E-state index in [1.165, 1.54) is 0 Å². The summed E-state index contributed by atoms with van der Waals surface area (Å²) in [6.07, 6.45) is 4.56. The summed E-state index contributed by atoms with van der Waals surface area (Å²) in [5.41, 5.74) is 5.62. The Morgan fingerprint density at radius 1 is 1.47 bits per heavy atom. The number of nitrogens with one attached hydrogen (secondary N) is 1. The number of ether oxygens (including phenoxy) is 1. The van der Waals surface area contributed by atoms with Gasteiger partial charge in [0.05, 0.1) is 18.5 Å². The lowest BCUT2D eigenvalue weighted by Gasteiger charge is -2.51. The van der Waals surface area contributed by atoms with E-state index in [1.54, 1.807) is 12.4 Å². The van der Waals surface area contributed by atoms with Crippen LogP contribution in [0.3, 0.4) is 0 Å². The van der Waals surface area contributed by atoms with Gasteiger partial charge in [0, 0.05) is 18.1 Å². The first-order valence-corrected chi connectivity index (χ1v) is 5.99. The Labute approximate surface area is 102 Å². The van der Waals surface area contributed by atoms with Gasteiger partial charge in [-0.05, 0) is 13.3 Å². The van der Waals surface area contributed by atoms with Gasteiger partial charge in [-0.2, -0.15) is 0 Å². The fourth-order valence-corrected chi connectivity index (χ4v) is 2.21. The van der Waals surface area contributed by atoms with Crippen molar-refractivity contribution >= 4 is 11.6 Å². The lowest BCUT2D eigenvalue weighted by Crippen LogP contribution is -2.58. The van der Waals surface area contributed by atoms with E-state index in [0.29, 0.717) is 18.0 Å². The van der Waals surface area contributed by atoms with Crippen LogP contribution in [0.25, 0.3) is 0 Å². The molecule has 2 atom stereocenters. The van der Waals surface area contributed by atoms with Crippen molar-refractivity contribution in [2.45, 2.75) is 39.3 Å². The molecule has 2 rings (SSSR count). The number of nitrogens with two attached hydrogens (primary N) is 1. The smallest absolute Gasteiger partial charge is 0.144 e. The Hall–Kier alpha value is -1.36. The van der Waals surface area contributed by atoms with E-state index in [0.717, 1.165) is 18.8 Å². The number of nitrogen functional groups attached to an aromatic ring is 1. The number of hydrogen-bond acceptors (Lipinski definition) is 5. The molecular weight excluding hydrogens is 216 g/mol. The molecule has 1 heterocycles. The van der Waals surface area contributed by atoms with Crippen LogP contribution in [0.2, 0.25) is 0 Å². The molecule has 0 saturated heterocycles. The minimum Gasteiger partial charge on any atom is -0.382 e. The number of anilines is 2. The Morgan fingerprint density at radius 3 is 2.76 bits per heavy atom. The van der Waals surface area contributed by atoms with Crippen LogP contribution in [0.15, 0.2) is 12.4 Å². The summed E-state index contributed by atoms with van der Waals surface area (Å²) >= 11 is 0. The third-order valence-corrected chi connectivity index (χ3v) is 3.54. The van der Waals surface area contributed by atoms with E-state index in [2.05, 4.69) is 29.1 Å². The Balaban J connectivity index is 1.95. The molecule has 1 aromatic rings. The number of hydrogen-bond donors (Lipinski definition) is 2. The predicted molar refractivity (Wildman–Crippen MR) is 67.7 cm³/mol. The lowest BCUT2D eigenvalue weighted by atomic mass is 9.64. The summed E-state index contributed by atoms with van der Waals surface area (Å²) in [5, 5.41) is 3.38. The molecule has 0 bridgehead atoms. The highest BCUT2D eigenvalue weighted by atomic mass is 16.5. The SMILES string of the molecule is CCOC1CC(Nc2cnc(N)cn2)C1(C)C. The summed E-state index contributed by atoms with van der Waals surface area (Å²) in [4.78, 5) is 8.21. The van der Waals surface area contributed by atoms with Crippen molar-refractivity contribution in [2.24, 2.45) is 5.41 Å². The second-order valence-corrected chi connectivity index (χ2v) is 5.02. The summed E-state index contributed by atoms with van der Waals surface area (Å²) in [7, 11) is 0. The molecule has 0 aliphatic heterocycles. The Morgan fingerprint density at radius 2 is 2.24 bits per heavy atom. The van der Waals surface area contributed by atoms with Crippen molar-refractivity contribution in [3.05, 3.63) is 12.4 Å². The van der Waals surface area contributed by atoms with E-state index in [-0.39, 0.29) is 5.41 Å². The zero-order chi connectivity index (χ0) is 12.5. The molecule has 1 aliphatic rings. The molecule has 1 aliphatic carbocycles. The fraction of sp³-hybridized carbons (Fsp3) is 0.667. The summed E-state index contributed by atoms with van der Waals surface area (Å²) in [6.45, 7) is 7.21. The zero-order valence-corrected chi connectivity index (χ0v) is 10.6. The standard InChI is InChI=1S/C12H20N4O/c1-4-17-9-5-8(12(9,2)3)16-11-7-14-10(13)6-15-11/h6-9H,4-5H2,1-3H3,(H2,13,14)(H,15,16). The third kappa shape index (κ3) is 2.34. The maximum absolute atomic E-state index is 5.68. The molecule has 0 spiro atoms. The highest BCUT2D eigenvalue weighted by Crippen LogP contribution is 2.44. The molecular formula is C12H20N4O. The molecule has 1 aromatic heterocycles. The lowest BCUT2D eigenvalue weighted by molar-refractivity contribution is -0.0976. The summed E-state index contributed by atoms with van der Waals surface area (Å²) < 4.78 is 5.68. The van der Waals surface area contributed by atoms with Crippen molar-refractivity contribution < 1.29 is 4.74 Å². The topological polar surface area (TPSA) is 73.1 Å². The van der Waals surface area contributed by atoms with Crippen molar-refractivity contribution in [3.63, 3.8) is 0 Å². The van der Waals surface area contributed by atoms with Crippen LogP contribution >= 0.6 is 0 Å². The van der Waals surface area contributed by atoms with Crippen molar-refractivity contribution in [2.75, 3.05) is 17.7 Å². The molecule has 5 heteroatoms. The van der Waals surface area contributed by atoms with Gasteiger partial charge in [-0.15, -0.1) is 0 Å². The monoisotopic (exact) mass is 236 g/mol. The minimum atomic E-state index is 0.124. The molecule has 3 N–H and O–H groups in total. The highest BCUT2D eigenvalue weighted by molar-refractivity contribution is 5.38. The van der Waals surface area contributed by atoms with Crippen LogP contribution in [0.4, 0.5) is 11.6 Å². The quantitative estimate of drug-likeness (QED) is 0.832. The van der Waals surface area contributed by atoms with Gasteiger partial charge in [-0.25, -0.2) is 9.97 Å². The van der Waals surface area contributed by atoms with Gasteiger partial charge in [-0.3, -0.25) is 0 Å². The first-order valence-electron chi connectivity index (χ1n) is 5.99. The molecule has 94 valence electrons. The van der Waals surface area contributed by atoms with Crippen LogP contribution in [0, 0.1) is 5.41 Å². The maximum atomic E-state index is 5.68. The first-order chi connectivity index (χ1) is 8.04. The number of aromatic nitrogens is 2. The molecule has 0 aromatic carbocycles. The second kappa shape index (κ2) is 4.49. The van der Waals surface area contributed by atoms with E-state index in [1.807, 2.05) is 6.92 Å². The van der Waals surface area contributed by atoms with E-state index >= 15 is 0 Å². The average molecular weight is 236 g/mol. The Kier molecular flexibility index (Phi) is 3.19. The average Bonchev–Trinajstić information content (AvgIpc) is 2.30. The third-order valence-electron chi connectivity index (χ3n) is 3.54. The van der Waals surface area contributed by atoms with Crippen LogP contribution < -0.4 is 11.1 Å². The van der Waals surface area contributed by atoms with Crippen molar-refractivity contribution in [3.8, 4) is 0 Å². The zero-order valence-electron chi connectivity index (χ0n) is 10.6. The Bertz CT molecular complexity index is 377. The molecule has 0 radical (unpaired) electrons. The van der Waals surface area contributed by atoms with Crippen LogP contribution in [-0.4, -0.2) is 28.7 Å². The van der Waals surface area contributed by atoms with Gasteiger partial charge in [0.25, 0.3) is 0 Å². The van der Waals surface area contributed by atoms with Gasteiger partial charge < -0.3 is 15.8 Å². The van der Waals surface area contributed by atoms with Gasteiger partial charge in [0.1, 0.15) is 11.6 Å². The molecule has 1 fully saturated rings. The van der Waals surface area contributed by atoms with Gasteiger partial charge in [0.15, 0.2) is 0 Å². The van der Waals surface area contributed by atoms with Crippen LogP contribution in [0.1, 0.15) is 27.2 Å². The van der Waals surface area contributed by atoms with Crippen LogP contribution in [0.5, 0.6) is 0 Å².